The van der Waals surface area contributed by atoms with E-state index < -0.39 is 23.9 Å². The highest BCUT2D eigenvalue weighted by Crippen LogP contribution is 2.28. The van der Waals surface area contributed by atoms with Crippen LogP contribution in [0.2, 0.25) is 0 Å². The molecular formula is C6H6F3N3O2. The van der Waals surface area contributed by atoms with Crippen molar-refractivity contribution in [2.75, 3.05) is 0 Å². The van der Waals surface area contributed by atoms with Crippen molar-refractivity contribution in [2.24, 2.45) is 5.73 Å². The van der Waals surface area contributed by atoms with Crippen molar-refractivity contribution in [1.82, 2.24) is 10.2 Å². The average molecular weight is 209 g/mol. The van der Waals surface area contributed by atoms with Crippen LogP contribution in [0.1, 0.15) is 17.4 Å². The van der Waals surface area contributed by atoms with E-state index in [0.29, 0.717) is 6.07 Å². The molecule has 4 N–H and O–H groups in total. The maximum absolute atomic E-state index is 12.0. The number of nitrogens with two attached hydrogens (primary N) is 1. The van der Waals surface area contributed by atoms with Gasteiger partial charge in [0.1, 0.15) is 6.04 Å². The first-order valence-electron chi connectivity index (χ1n) is 3.43. The zero-order valence-corrected chi connectivity index (χ0v) is 6.67. The maximum Gasteiger partial charge on any atom is 0.435 e. The van der Waals surface area contributed by atoms with Gasteiger partial charge in [-0.05, 0) is 6.07 Å². The molecule has 0 fully saturated rings. The maximum atomic E-state index is 12.0. The number of aliphatic carboxylic acids is 1. The second-order valence-corrected chi connectivity index (χ2v) is 2.52. The lowest BCUT2D eigenvalue weighted by Gasteiger charge is -2.01. The van der Waals surface area contributed by atoms with Gasteiger partial charge in [-0.25, -0.2) is 0 Å². The zero-order chi connectivity index (χ0) is 10.9. The third kappa shape index (κ3) is 2.02. The van der Waals surface area contributed by atoms with Crippen molar-refractivity contribution in [1.29, 1.82) is 0 Å². The number of H-pyrrole nitrogens is 1. The van der Waals surface area contributed by atoms with E-state index in [0.717, 1.165) is 0 Å². The Labute approximate surface area is 75.7 Å². The van der Waals surface area contributed by atoms with Gasteiger partial charge < -0.3 is 10.8 Å². The van der Waals surface area contributed by atoms with Crippen molar-refractivity contribution >= 4 is 5.97 Å². The fraction of sp³-hybridized carbons (Fsp3) is 0.333. The lowest BCUT2D eigenvalue weighted by molar-refractivity contribution is -0.141. The molecule has 1 heterocycles. The van der Waals surface area contributed by atoms with Crippen LogP contribution < -0.4 is 5.73 Å². The summed E-state index contributed by atoms with van der Waals surface area (Å²) in [5.41, 5.74) is 3.58. The molecule has 0 bridgehead atoms. The lowest BCUT2D eigenvalue weighted by Crippen LogP contribution is -2.20. The number of hydrogen-bond acceptors (Lipinski definition) is 3. The number of halogens is 3. The van der Waals surface area contributed by atoms with E-state index in [9.17, 15) is 18.0 Å². The zero-order valence-electron chi connectivity index (χ0n) is 6.67. The van der Waals surface area contributed by atoms with E-state index in [1.54, 1.807) is 0 Å². The van der Waals surface area contributed by atoms with Crippen LogP contribution in [0.5, 0.6) is 0 Å². The van der Waals surface area contributed by atoms with Crippen LogP contribution >= 0.6 is 0 Å². The molecule has 0 saturated heterocycles. The van der Waals surface area contributed by atoms with E-state index in [4.69, 9.17) is 10.8 Å². The number of hydrogen-bond donors (Lipinski definition) is 3. The summed E-state index contributed by atoms with van der Waals surface area (Å²) in [6.07, 6.45) is -4.60. The van der Waals surface area contributed by atoms with Crippen LogP contribution in [-0.4, -0.2) is 21.3 Å². The summed E-state index contributed by atoms with van der Waals surface area (Å²) in [4.78, 5) is 10.3. The fourth-order valence-corrected chi connectivity index (χ4v) is 0.774. The quantitative estimate of drug-likeness (QED) is 0.661. The second-order valence-electron chi connectivity index (χ2n) is 2.52. The first kappa shape index (κ1) is 10.5. The molecule has 0 spiro atoms. The molecule has 0 saturated carbocycles. The molecule has 1 aromatic rings. The van der Waals surface area contributed by atoms with E-state index in [-0.39, 0.29) is 5.69 Å². The molecule has 1 unspecified atom stereocenters. The Morgan fingerprint density at radius 1 is 1.64 bits per heavy atom. The highest BCUT2D eigenvalue weighted by atomic mass is 19.4. The highest BCUT2D eigenvalue weighted by molar-refractivity contribution is 5.74. The van der Waals surface area contributed by atoms with E-state index >= 15 is 0 Å². The second kappa shape index (κ2) is 3.29. The Kier molecular flexibility index (Phi) is 2.47. The van der Waals surface area contributed by atoms with Crippen LogP contribution in [0.15, 0.2) is 6.07 Å². The van der Waals surface area contributed by atoms with Gasteiger partial charge in [0.05, 0.1) is 5.69 Å². The smallest absolute Gasteiger partial charge is 0.435 e. The number of carbonyl (C=O) groups is 1. The van der Waals surface area contributed by atoms with Crippen molar-refractivity contribution in [2.45, 2.75) is 12.2 Å². The third-order valence-electron chi connectivity index (χ3n) is 1.49. The van der Waals surface area contributed by atoms with E-state index in [1.807, 2.05) is 5.10 Å². The van der Waals surface area contributed by atoms with Gasteiger partial charge in [-0.1, -0.05) is 0 Å². The molecule has 8 heteroatoms. The monoisotopic (exact) mass is 209 g/mol. The number of alkyl halides is 3. The largest absolute Gasteiger partial charge is 0.480 e. The van der Waals surface area contributed by atoms with Crippen LogP contribution in [0.4, 0.5) is 13.2 Å². The summed E-state index contributed by atoms with van der Waals surface area (Å²) in [6.45, 7) is 0. The van der Waals surface area contributed by atoms with Gasteiger partial charge in [0.2, 0.25) is 0 Å². The number of carboxylic acid groups (broad SMARTS) is 1. The van der Waals surface area contributed by atoms with Crippen LogP contribution in [-0.2, 0) is 11.0 Å². The third-order valence-corrected chi connectivity index (χ3v) is 1.49. The van der Waals surface area contributed by atoms with Crippen molar-refractivity contribution in [3.63, 3.8) is 0 Å². The first-order valence-corrected chi connectivity index (χ1v) is 3.43. The Morgan fingerprint density at radius 2 is 2.21 bits per heavy atom. The molecule has 1 atom stereocenters. The molecule has 0 amide bonds. The standard InChI is InChI=1S/C6H6F3N3O2/c7-6(8,9)3-1-2(11-12-3)4(10)5(13)14/h1,4H,10H2,(H,11,12)(H,13,14). The minimum Gasteiger partial charge on any atom is -0.480 e. The molecule has 0 aliphatic heterocycles. The summed E-state index contributed by atoms with van der Waals surface area (Å²) in [5.74, 6) is -1.43. The van der Waals surface area contributed by atoms with Gasteiger partial charge in [0.15, 0.2) is 5.69 Å². The van der Waals surface area contributed by atoms with Gasteiger partial charge in [-0.2, -0.15) is 18.3 Å². The minimum absolute atomic E-state index is 0.287. The summed E-state index contributed by atoms with van der Waals surface area (Å²) in [7, 11) is 0. The normalized spacial score (nSPS) is 14.0. The molecule has 0 aliphatic rings. The Bertz CT molecular complexity index is 346. The summed E-state index contributed by atoms with van der Waals surface area (Å²) < 4.78 is 36.0. The molecule has 0 aliphatic carbocycles. The molecular weight excluding hydrogens is 203 g/mol. The van der Waals surface area contributed by atoms with Crippen molar-refractivity contribution in [3.05, 3.63) is 17.5 Å². The topological polar surface area (TPSA) is 92.0 Å². The Hall–Kier alpha value is -1.57. The van der Waals surface area contributed by atoms with Crippen molar-refractivity contribution in [3.8, 4) is 0 Å². The molecule has 1 rings (SSSR count). The highest BCUT2D eigenvalue weighted by Gasteiger charge is 2.34. The number of aromatic nitrogens is 2. The fourth-order valence-electron chi connectivity index (χ4n) is 0.774. The predicted octanol–water partition coefficient (Wildman–Crippen LogP) is 0.513. The Balaban J connectivity index is 2.94. The molecule has 0 radical (unpaired) electrons. The number of nitrogens with zero attached hydrogens (tertiary/aromatic N) is 1. The number of nitrogens with one attached hydrogen (secondary N) is 1. The molecule has 14 heavy (non-hydrogen) atoms. The predicted molar refractivity (Wildman–Crippen MR) is 38.2 cm³/mol. The van der Waals surface area contributed by atoms with Crippen molar-refractivity contribution < 1.29 is 23.1 Å². The molecule has 0 aromatic carbocycles. The SMILES string of the molecule is NC(C(=O)O)c1cc(C(F)(F)F)n[nH]1. The molecule has 5 nitrogen and oxygen atoms in total. The molecule has 1 aromatic heterocycles. The van der Waals surface area contributed by atoms with E-state index in [2.05, 4.69) is 5.10 Å². The first-order chi connectivity index (χ1) is 6.32. The molecule has 78 valence electrons. The van der Waals surface area contributed by atoms with Gasteiger partial charge in [-0.15, -0.1) is 0 Å². The van der Waals surface area contributed by atoms with Crippen LogP contribution in [0, 0.1) is 0 Å². The Morgan fingerprint density at radius 3 is 2.57 bits per heavy atom. The average Bonchev–Trinajstić information content (AvgIpc) is 2.49. The minimum atomic E-state index is -4.60. The summed E-state index contributed by atoms with van der Waals surface area (Å²) in [5, 5.41) is 13.2. The number of rotatable bonds is 2. The summed E-state index contributed by atoms with van der Waals surface area (Å²) >= 11 is 0. The van der Waals surface area contributed by atoms with E-state index in [1.165, 1.54) is 0 Å². The number of carboxylic acids is 1. The van der Waals surface area contributed by atoms with Gasteiger partial charge >= 0.3 is 12.1 Å². The van der Waals surface area contributed by atoms with Gasteiger partial charge in [-0.3, -0.25) is 9.89 Å². The van der Waals surface area contributed by atoms with Gasteiger partial charge in [0, 0.05) is 0 Å². The summed E-state index contributed by atoms with van der Waals surface area (Å²) in [6, 6.07) is -0.961. The van der Waals surface area contributed by atoms with Crippen LogP contribution in [0.25, 0.3) is 0 Å². The van der Waals surface area contributed by atoms with Gasteiger partial charge in [0.25, 0.3) is 0 Å². The lowest BCUT2D eigenvalue weighted by atomic mass is 10.2. The van der Waals surface area contributed by atoms with Crippen LogP contribution in [0.3, 0.4) is 0 Å². The number of aromatic amines is 1.